The number of aromatic amines is 1. The summed E-state index contributed by atoms with van der Waals surface area (Å²) in [4.78, 5) is 70.6. The third-order valence-electron chi connectivity index (χ3n) is 8.56. The highest BCUT2D eigenvalue weighted by Gasteiger charge is 2.46. The van der Waals surface area contributed by atoms with Gasteiger partial charge in [0.2, 0.25) is 17.7 Å². The highest BCUT2D eigenvalue weighted by atomic mass is 19.1. The van der Waals surface area contributed by atoms with Crippen LogP contribution >= 0.6 is 0 Å². The van der Waals surface area contributed by atoms with Crippen LogP contribution in [0.15, 0.2) is 36.9 Å². The van der Waals surface area contributed by atoms with Crippen LogP contribution < -0.4 is 16.0 Å². The summed E-state index contributed by atoms with van der Waals surface area (Å²) in [5.41, 5.74) is 0.589. The molecule has 10 nitrogen and oxygen atoms in total. The zero-order chi connectivity index (χ0) is 31.4. The highest BCUT2D eigenvalue weighted by Crippen LogP contribution is 2.32. The predicted octanol–water partition coefficient (Wildman–Crippen LogP) is 3.09. The Labute approximate surface area is 251 Å². The van der Waals surface area contributed by atoms with E-state index in [0.29, 0.717) is 37.9 Å². The number of aromatic nitrogens is 1. The first-order valence-electron chi connectivity index (χ1n) is 15.0. The second-order valence-corrected chi connectivity index (χ2v) is 12.4. The molecular weight excluding hydrogens is 553 g/mol. The lowest BCUT2D eigenvalue weighted by Gasteiger charge is -2.33. The molecule has 0 radical (unpaired) electrons. The molecule has 11 heteroatoms. The van der Waals surface area contributed by atoms with Crippen LogP contribution in [0.4, 0.5) is 4.39 Å². The second kappa shape index (κ2) is 13.5. The fourth-order valence-corrected chi connectivity index (χ4v) is 6.27. The third-order valence-corrected chi connectivity index (χ3v) is 8.56. The minimum Gasteiger partial charge on any atom is -0.356 e. The van der Waals surface area contributed by atoms with Gasteiger partial charge in [-0.3, -0.25) is 24.0 Å². The fraction of sp³-hybridized carbons (Fsp3) is 0.531. The molecule has 4 N–H and O–H groups in total. The topological polar surface area (TPSA) is 140 Å². The van der Waals surface area contributed by atoms with Gasteiger partial charge in [-0.05, 0) is 67.7 Å². The first-order valence-corrected chi connectivity index (χ1v) is 15.0. The molecule has 4 amide bonds. The Hall–Kier alpha value is -4.02. The normalized spacial score (nSPS) is 21.6. The van der Waals surface area contributed by atoms with E-state index in [1.54, 1.807) is 12.1 Å². The van der Waals surface area contributed by atoms with Gasteiger partial charge in [0.05, 0.1) is 6.04 Å². The van der Waals surface area contributed by atoms with Crippen LogP contribution in [0.2, 0.25) is 0 Å². The average Bonchev–Trinajstić information content (AvgIpc) is 3.70. The second-order valence-electron chi connectivity index (χ2n) is 12.4. The summed E-state index contributed by atoms with van der Waals surface area (Å²) in [5, 5.41) is 8.68. The van der Waals surface area contributed by atoms with Crippen LogP contribution in [0.1, 0.15) is 63.9 Å². The van der Waals surface area contributed by atoms with Crippen LogP contribution in [0.3, 0.4) is 0 Å². The van der Waals surface area contributed by atoms with Crippen molar-refractivity contribution in [3.8, 4) is 0 Å². The number of rotatable bonds is 12. The number of fused-ring (bicyclic) bond motifs is 1. The lowest BCUT2D eigenvalue weighted by molar-refractivity contribution is -0.142. The van der Waals surface area contributed by atoms with E-state index in [2.05, 4.69) is 27.5 Å². The molecule has 1 aromatic carbocycles. The number of carbonyl (C=O) groups excluding carboxylic acids is 5. The van der Waals surface area contributed by atoms with Crippen molar-refractivity contribution >= 4 is 40.3 Å². The summed E-state index contributed by atoms with van der Waals surface area (Å²) in [6, 6.07) is 3.19. The molecular formula is C32H42FN5O5. The van der Waals surface area contributed by atoms with Crippen LogP contribution in [0.25, 0.3) is 10.9 Å². The first kappa shape index (κ1) is 31.9. The maximum atomic E-state index is 14.2. The molecule has 2 aliphatic heterocycles. The SMILES string of the molecule is C=CC(=O)[C@H](C[C@@H]1CCNC1=O)NC(=O)[C@@H]1[C@@H](C(C)C)CCN1C(=O)[C@H](CC(C)C)NC(=O)c1cc2c(F)cccc2[nH]1. The summed E-state index contributed by atoms with van der Waals surface area (Å²) in [7, 11) is 0. The van der Waals surface area contributed by atoms with Crippen molar-refractivity contribution in [3.63, 3.8) is 0 Å². The summed E-state index contributed by atoms with van der Waals surface area (Å²) < 4.78 is 14.2. The van der Waals surface area contributed by atoms with E-state index in [0.717, 1.165) is 6.08 Å². The van der Waals surface area contributed by atoms with E-state index in [4.69, 9.17) is 0 Å². The maximum Gasteiger partial charge on any atom is 0.268 e. The molecule has 4 rings (SSSR count). The van der Waals surface area contributed by atoms with Gasteiger partial charge in [-0.1, -0.05) is 40.3 Å². The van der Waals surface area contributed by atoms with E-state index in [1.165, 1.54) is 17.0 Å². The summed E-state index contributed by atoms with van der Waals surface area (Å²) in [6.07, 6.45) is 2.75. The van der Waals surface area contributed by atoms with E-state index >= 15 is 0 Å². The molecule has 2 aromatic rings. The van der Waals surface area contributed by atoms with Gasteiger partial charge in [-0.2, -0.15) is 0 Å². The molecule has 232 valence electrons. The molecule has 0 aliphatic carbocycles. The van der Waals surface area contributed by atoms with Crippen molar-refractivity contribution in [2.24, 2.45) is 23.7 Å². The molecule has 2 aliphatic rings. The van der Waals surface area contributed by atoms with E-state index in [1.807, 2.05) is 27.7 Å². The largest absolute Gasteiger partial charge is 0.356 e. The number of nitrogens with one attached hydrogen (secondary N) is 4. The van der Waals surface area contributed by atoms with Gasteiger partial charge < -0.3 is 25.8 Å². The molecule has 0 spiro atoms. The Kier molecular flexibility index (Phi) is 10.0. The number of carbonyl (C=O) groups is 5. The Morgan fingerprint density at radius 1 is 1.12 bits per heavy atom. The smallest absolute Gasteiger partial charge is 0.268 e. The Balaban J connectivity index is 1.56. The van der Waals surface area contributed by atoms with Crippen molar-refractivity contribution in [1.29, 1.82) is 0 Å². The lowest BCUT2D eigenvalue weighted by atomic mass is 9.87. The van der Waals surface area contributed by atoms with Gasteiger partial charge in [0.1, 0.15) is 23.6 Å². The van der Waals surface area contributed by atoms with E-state index in [9.17, 15) is 28.4 Å². The van der Waals surface area contributed by atoms with Gasteiger partial charge in [-0.25, -0.2) is 4.39 Å². The Morgan fingerprint density at radius 2 is 1.86 bits per heavy atom. The van der Waals surface area contributed by atoms with Gasteiger partial charge in [0, 0.05) is 29.9 Å². The summed E-state index contributed by atoms with van der Waals surface area (Å²) in [6.45, 7) is 12.2. The van der Waals surface area contributed by atoms with Gasteiger partial charge in [0.15, 0.2) is 5.78 Å². The van der Waals surface area contributed by atoms with Crippen LogP contribution in [-0.2, 0) is 19.2 Å². The van der Waals surface area contributed by atoms with Crippen molar-refractivity contribution in [3.05, 3.63) is 48.4 Å². The van der Waals surface area contributed by atoms with Gasteiger partial charge in [-0.15, -0.1) is 0 Å². The number of nitrogens with zero attached hydrogens (tertiary/aromatic N) is 1. The van der Waals surface area contributed by atoms with Crippen LogP contribution in [0, 0.1) is 29.5 Å². The van der Waals surface area contributed by atoms with Crippen molar-refractivity contribution in [2.75, 3.05) is 13.1 Å². The van der Waals surface area contributed by atoms with Gasteiger partial charge in [0.25, 0.3) is 5.91 Å². The van der Waals surface area contributed by atoms with E-state index in [-0.39, 0.29) is 41.2 Å². The standard InChI is InChI=1S/C32H42FN5O5/c1-6-27(39)24(15-19-10-12-34-29(19)40)36-31(42)28-20(18(4)5)11-13-38(28)32(43)26(14-17(2)3)37-30(41)25-16-21-22(33)8-7-9-23(21)35-25/h6-9,16-20,24,26,28,35H,1,10-15H2,2-5H3,(H,34,40)(H,36,42)(H,37,41)/t19-,20+,24-,26-,28-/m0/s1. The number of hydrogen-bond donors (Lipinski definition) is 4. The fourth-order valence-electron chi connectivity index (χ4n) is 6.27. The third kappa shape index (κ3) is 7.14. The number of benzene rings is 1. The molecule has 2 fully saturated rings. The zero-order valence-electron chi connectivity index (χ0n) is 25.2. The molecule has 2 saturated heterocycles. The van der Waals surface area contributed by atoms with Gasteiger partial charge >= 0.3 is 0 Å². The molecule has 3 heterocycles. The zero-order valence-corrected chi connectivity index (χ0v) is 25.2. The average molecular weight is 596 g/mol. The molecule has 5 atom stereocenters. The summed E-state index contributed by atoms with van der Waals surface area (Å²) >= 11 is 0. The number of likely N-dealkylation sites (tertiary alicyclic amines) is 1. The minimum atomic E-state index is -0.946. The number of H-pyrrole nitrogens is 1. The van der Waals surface area contributed by atoms with Crippen LogP contribution in [0.5, 0.6) is 0 Å². The van der Waals surface area contributed by atoms with E-state index < -0.39 is 53.4 Å². The van der Waals surface area contributed by atoms with Crippen LogP contribution in [-0.4, -0.2) is 70.5 Å². The molecule has 0 saturated carbocycles. The first-order chi connectivity index (χ1) is 20.4. The number of amides is 4. The lowest BCUT2D eigenvalue weighted by Crippen LogP contribution is -2.57. The van der Waals surface area contributed by atoms with Crippen molar-refractivity contribution in [2.45, 2.75) is 71.5 Å². The number of hydrogen-bond acceptors (Lipinski definition) is 5. The number of halogens is 1. The molecule has 1 aromatic heterocycles. The van der Waals surface area contributed by atoms with Crippen molar-refractivity contribution in [1.82, 2.24) is 25.8 Å². The molecule has 43 heavy (non-hydrogen) atoms. The molecule has 0 unspecified atom stereocenters. The molecule has 0 bridgehead atoms. The quantitative estimate of drug-likeness (QED) is 0.279. The predicted molar refractivity (Wildman–Crippen MR) is 160 cm³/mol. The Morgan fingerprint density at radius 3 is 2.47 bits per heavy atom. The Bertz CT molecular complexity index is 1400. The highest BCUT2D eigenvalue weighted by molar-refractivity contribution is 6.01. The van der Waals surface area contributed by atoms with Crippen molar-refractivity contribution < 1.29 is 28.4 Å². The number of ketones is 1. The maximum absolute atomic E-state index is 14.2. The monoisotopic (exact) mass is 595 g/mol. The summed E-state index contributed by atoms with van der Waals surface area (Å²) in [5.74, 6) is -2.91. The minimum absolute atomic E-state index is 0.0392.